The molecule has 1 unspecified atom stereocenters. The van der Waals surface area contributed by atoms with Crippen LogP contribution < -0.4 is 5.32 Å². The van der Waals surface area contributed by atoms with Crippen molar-refractivity contribution < 1.29 is 5.11 Å². The Morgan fingerprint density at radius 1 is 1.41 bits per heavy atom. The minimum absolute atomic E-state index is 0.163. The van der Waals surface area contributed by atoms with Gasteiger partial charge in [-0.1, -0.05) is 23.8 Å². The first-order valence-corrected chi connectivity index (χ1v) is 6.69. The van der Waals surface area contributed by atoms with Gasteiger partial charge in [-0.25, -0.2) is 0 Å². The molecule has 1 aromatic rings. The highest BCUT2D eigenvalue weighted by Gasteiger charge is 2.39. The normalized spacial score (nSPS) is 27.2. The number of fused-ring (bicyclic) bond motifs is 1. The fraction of sp³-hybridized carbons (Fsp3) is 0.600. The van der Waals surface area contributed by atoms with Crippen molar-refractivity contribution in [1.29, 1.82) is 0 Å². The van der Waals surface area contributed by atoms with Crippen molar-refractivity contribution in [2.75, 3.05) is 13.2 Å². The standard InChI is InChI=1S/C15H21NO/c1-11-2-5-13-6-7-15(10-17,14(13)8-11)16-9-12-3-4-12/h2,5,8,12,16-17H,3-4,6-7,9-10H2,1H3. The third kappa shape index (κ3) is 2.00. The summed E-state index contributed by atoms with van der Waals surface area (Å²) in [6, 6.07) is 6.65. The summed E-state index contributed by atoms with van der Waals surface area (Å²) in [5.41, 5.74) is 3.87. The van der Waals surface area contributed by atoms with Gasteiger partial charge in [0.25, 0.3) is 0 Å². The van der Waals surface area contributed by atoms with Gasteiger partial charge in [0.05, 0.1) is 12.1 Å². The Hall–Kier alpha value is -0.860. The molecule has 1 fully saturated rings. The number of aliphatic hydroxyl groups excluding tert-OH is 1. The molecule has 0 spiro atoms. The van der Waals surface area contributed by atoms with Crippen molar-refractivity contribution in [3.63, 3.8) is 0 Å². The van der Waals surface area contributed by atoms with Crippen LogP contribution in [0.2, 0.25) is 0 Å². The van der Waals surface area contributed by atoms with E-state index < -0.39 is 0 Å². The van der Waals surface area contributed by atoms with Gasteiger partial charge in [-0.05, 0) is 56.2 Å². The summed E-state index contributed by atoms with van der Waals surface area (Å²) < 4.78 is 0. The molecule has 17 heavy (non-hydrogen) atoms. The summed E-state index contributed by atoms with van der Waals surface area (Å²) in [6.45, 7) is 3.41. The Balaban J connectivity index is 1.88. The zero-order valence-corrected chi connectivity index (χ0v) is 10.5. The van der Waals surface area contributed by atoms with Gasteiger partial charge in [-0.15, -0.1) is 0 Å². The van der Waals surface area contributed by atoms with Crippen molar-refractivity contribution >= 4 is 0 Å². The van der Waals surface area contributed by atoms with Crippen molar-refractivity contribution in [1.82, 2.24) is 5.32 Å². The van der Waals surface area contributed by atoms with Crippen molar-refractivity contribution in [2.24, 2.45) is 5.92 Å². The first kappa shape index (κ1) is 11.2. The lowest BCUT2D eigenvalue weighted by molar-refractivity contribution is 0.159. The van der Waals surface area contributed by atoms with Crippen molar-refractivity contribution in [3.8, 4) is 0 Å². The minimum Gasteiger partial charge on any atom is -0.394 e. The van der Waals surface area contributed by atoms with Gasteiger partial charge >= 0.3 is 0 Å². The molecule has 2 heteroatoms. The molecule has 1 aromatic carbocycles. The highest BCUT2D eigenvalue weighted by atomic mass is 16.3. The second kappa shape index (κ2) is 4.11. The van der Waals surface area contributed by atoms with E-state index in [1.165, 1.54) is 29.5 Å². The van der Waals surface area contributed by atoms with Crippen molar-refractivity contribution in [2.45, 2.75) is 38.1 Å². The number of aliphatic hydroxyl groups is 1. The lowest BCUT2D eigenvalue weighted by atomic mass is 9.91. The summed E-state index contributed by atoms with van der Waals surface area (Å²) >= 11 is 0. The molecule has 92 valence electrons. The molecule has 0 aliphatic heterocycles. The quantitative estimate of drug-likeness (QED) is 0.832. The predicted octanol–water partition coefficient (Wildman–Crippen LogP) is 2.13. The number of hydrogen-bond donors (Lipinski definition) is 2. The molecule has 2 aliphatic rings. The molecule has 1 atom stereocenters. The Labute approximate surface area is 103 Å². The lowest BCUT2D eigenvalue weighted by Gasteiger charge is -2.30. The molecule has 0 saturated heterocycles. The molecule has 2 nitrogen and oxygen atoms in total. The van der Waals surface area contributed by atoms with Crippen LogP contribution in [-0.2, 0) is 12.0 Å². The highest BCUT2D eigenvalue weighted by Crippen LogP contribution is 2.38. The zero-order valence-electron chi connectivity index (χ0n) is 10.5. The monoisotopic (exact) mass is 231 g/mol. The van der Waals surface area contributed by atoms with E-state index >= 15 is 0 Å². The van der Waals surface area contributed by atoms with E-state index in [2.05, 4.69) is 30.4 Å². The van der Waals surface area contributed by atoms with E-state index in [0.29, 0.717) is 0 Å². The first-order chi connectivity index (χ1) is 8.23. The fourth-order valence-corrected chi connectivity index (χ4v) is 2.90. The van der Waals surface area contributed by atoms with Crippen LogP contribution in [0, 0.1) is 12.8 Å². The number of benzene rings is 1. The Morgan fingerprint density at radius 2 is 2.24 bits per heavy atom. The maximum atomic E-state index is 9.82. The molecule has 0 amide bonds. The van der Waals surface area contributed by atoms with Gasteiger partial charge in [0.2, 0.25) is 0 Å². The van der Waals surface area contributed by atoms with E-state index in [9.17, 15) is 5.11 Å². The largest absolute Gasteiger partial charge is 0.394 e. The maximum Gasteiger partial charge on any atom is 0.0675 e. The van der Waals surface area contributed by atoms with Gasteiger partial charge in [-0.2, -0.15) is 0 Å². The number of aryl methyl sites for hydroxylation is 2. The molecule has 1 saturated carbocycles. The maximum absolute atomic E-state index is 9.82. The van der Waals surface area contributed by atoms with Crippen LogP contribution in [0.5, 0.6) is 0 Å². The summed E-state index contributed by atoms with van der Waals surface area (Å²) in [5.74, 6) is 0.854. The van der Waals surface area contributed by atoms with Crippen LogP contribution in [0.3, 0.4) is 0 Å². The molecule has 2 N–H and O–H groups in total. The molecule has 0 aromatic heterocycles. The Bertz CT molecular complexity index is 425. The molecular weight excluding hydrogens is 210 g/mol. The minimum atomic E-state index is -0.163. The molecule has 0 radical (unpaired) electrons. The average Bonchev–Trinajstić information content (AvgIpc) is 3.10. The van der Waals surface area contributed by atoms with Gasteiger partial charge in [0.1, 0.15) is 0 Å². The second-order valence-electron chi connectivity index (χ2n) is 5.73. The van der Waals surface area contributed by atoms with Gasteiger partial charge < -0.3 is 10.4 Å². The van der Waals surface area contributed by atoms with E-state index in [0.717, 1.165) is 25.3 Å². The molecule has 0 heterocycles. The number of rotatable bonds is 4. The second-order valence-corrected chi connectivity index (χ2v) is 5.73. The van der Waals surface area contributed by atoms with Crippen LogP contribution in [0.4, 0.5) is 0 Å². The summed E-state index contributed by atoms with van der Waals surface area (Å²) in [5, 5.41) is 13.5. The lowest BCUT2D eigenvalue weighted by Crippen LogP contribution is -2.44. The Kier molecular flexibility index (Phi) is 2.72. The topological polar surface area (TPSA) is 32.3 Å². The summed E-state index contributed by atoms with van der Waals surface area (Å²) in [6.07, 6.45) is 4.84. The molecule has 0 bridgehead atoms. The Morgan fingerprint density at radius 3 is 2.94 bits per heavy atom. The van der Waals surface area contributed by atoms with Crippen LogP contribution >= 0.6 is 0 Å². The SMILES string of the molecule is Cc1ccc2c(c1)C(CO)(NCC1CC1)CC2. The zero-order chi connectivity index (χ0) is 11.9. The average molecular weight is 231 g/mol. The van der Waals surface area contributed by atoms with Crippen LogP contribution in [0.1, 0.15) is 36.0 Å². The van der Waals surface area contributed by atoms with E-state index in [4.69, 9.17) is 0 Å². The number of nitrogens with one attached hydrogen (secondary N) is 1. The number of hydrogen-bond acceptors (Lipinski definition) is 2. The first-order valence-electron chi connectivity index (χ1n) is 6.69. The fourth-order valence-electron chi connectivity index (χ4n) is 2.90. The van der Waals surface area contributed by atoms with E-state index in [1.54, 1.807) is 0 Å². The molecular formula is C15H21NO. The summed E-state index contributed by atoms with van der Waals surface area (Å²) in [7, 11) is 0. The third-order valence-corrected chi connectivity index (χ3v) is 4.30. The summed E-state index contributed by atoms with van der Waals surface area (Å²) in [4.78, 5) is 0. The van der Waals surface area contributed by atoms with Crippen molar-refractivity contribution in [3.05, 3.63) is 34.9 Å². The third-order valence-electron chi connectivity index (χ3n) is 4.30. The van der Waals surface area contributed by atoms with Crippen LogP contribution in [0.25, 0.3) is 0 Å². The van der Waals surface area contributed by atoms with E-state index in [-0.39, 0.29) is 12.1 Å². The highest BCUT2D eigenvalue weighted by molar-refractivity contribution is 5.41. The van der Waals surface area contributed by atoms with Gasteiger partial charge in [0, 0.05) is 0 Å². The van der Waals surface area contributed by atoms with Gasteiger partial charge in [0.15, 0.2) is 0 Å². The smallest absolute Gasteiger partial charge is 0.0675 e. The predicted molar refractivity (Wildman–Crippen MR) is 69.0 cm³/mol. The van der Waals surface area contributed by atoms with Gasteiger partial charge in [-0.3, -0.25) is 0 Å². The molecule has 2 aliphatic carbocycles. The molecule has 3 rings (SSSR count). The van der Waals surface area contributed by atoms with Crippen LogP contribution in [-0.4, -0.2) is 18.3 Å². The van der Waals surface area contributed by atoms with E-state index in [1.807, 2.05) is 0 Å². The van der Waals surface area contributed by atoms with Crippen LogP contribution in [0.15, 0.2) is 18.2 Å².